The molecule has 0 aromatic carbocycles. The van der Waals surface area contributed by atoms with Gasteiger partial charge in [-0.25, -0.2) is 0 Å². The smallest absolute Gasteiger partial charge is 0.388 e. The number of pyridine rings is 1. The minimum absolute atomic E-state index is 0.0542. The minimum atomic E-state index is -4.62. The fourth-order valence-electron chi connectivity index (χ4n) is 2.70. The number of allylic oxidation sites excluding steroid dienone is 2. The number of nitrogens with zero attached hydrogens (tertiary/aromatic N) is 1. The first kappa shape index (κ1) is 19.0. The minimum Gasteiger partial charge on any atom is -0.388 e. The fraction of sp³-hybridized carbons (Fsp3) is 0.471. The Morgan fingerprint density at radius 2 is 2.04 bits per heavy atom. The SMILES string of the molecule is N=C(C1=C(NCCCC(=O)Nc2cccnc2)CCCC1)C(F)(F)F. The maximum absolute atomic E-state index is 12.8. The van der Waals surface area contributed by atoms with Crippen LogP contribution in [-0.2, 0) is 4.79 Å². The number of aromatic nitrogens is 1. The zero-order chi connectivity index (χ0) is 18.3. The summed E-state index contributed by atoms with van der Waals surface area (Å²) in [6, 6.07) is 3.44. The second-order valence-corrected chi connectivity index (χ2v) is 5.86. The number of amides is 1. The lowest BCUT2D eigenvalue weighted by Gasteiger charge is -2.23. The van der Waals surface area contributed by atoms with Gasteiger partial charge in [-0.15, -0.1) is 0 Å². The van der Waals surface area contributed by atoms with Crippen molar-refractivity contribution in [2.45, 2.75) is 44.7 Å². The van der Waals surface area contributed by atoms with E-state index in [4.69, 9.17) is 5.41 Å². The van der Waals surface area contributed by atoms with Gasteiger partial charge in [-0.1, -0.05) is 0 Å². The van der Waals surface area contributed by atoms with Crippen LogP contribution in [0.2, 0.25) is 0 Å². The number of hydrogen-bond donors (Lipinski definition) is 3. The molecule has 0 saturated heterocycles. The summed E-state index contributed by atoms with van der Waals surface area (Å²) in [5, 5.41) is 13.0. The van der Waals surface area contributed by atoms with Crippen LogP contribution in [-0.4, -0.2) is 29.3 Å². The maximum atomic E-state index is 12.8. The Labute approximate surface area is 144 Å². The fourth-order valence-corrected chi connectivity index (χ4v) is 2.70. The van der Waals surface area contributed by atoms with Crippen LogP contribution in [0.25, 0.3) is 0 Å². The van der Waals surface area contributed by atoms with E-state index < -0.39 is 11.9 Å². The lowest BCUT2D eigenvalue weighted by atomic mass is 9.92. The highest BCUT2D eigenvalue weighted by Crippen LogP contribution is 2.30. The Kier molecular flexibility index (Phi) is 6.55. The number of carbonyl (C=O) groups is 1. The molecule has 0 unspecified atom stereocenters. The Hall–Kier alpha value is -2.38. The van der Waals surface area contributed by atoms with Crippen LogP contribution >= 0.6 is 0 Å². The lowest BCUT2D eigenvalue weighted by molar-refractivity contribution is -0.116. The molecule has 1 aliphatic carbocycles. The third-order valence-electron chi connectivity index (χ3n) is 3.92. The summed E-state index contributed by atoms with van der Waals surface area (Å²) < 4.78 is 38.3. The molecule has 8 heteroatoms. The molecular weight excluding hydrogens is 333 g/mol. The van der Waals surface area contributed by atoms with Crippen molar-refractivity contribution >= 4 is 17.3 Å². The van der Waals surface area contributed by atoms with Crippen molar-refractivity contribution < 1.29 is 18.0 Å². The van der Waals surface area contributed by atoms with Gasteiger partial charge in [0.1, 0.15) is 5.71 Å². The van der Waals surface area contributed by atoms with Gasteiger partial charge in [0.15, 0.2) is 0 Å². The van der Waals surface area contributed by atoms with Crippen molar-refractivity contribution in [3.05, 3.63) is 35.8 Å². The number of halogens is 3. The van der Waals surface area contributed by atoms with Gasteiger partial charge < -0.3 is 10.6 Å². The van der Waals surface area contributed by atoms with Crippen molar-refractivity contribution in [2.24, 2.45) is 0 Å². The molecular formula is C17H21F3N4O. The van der Waals surface area contributed by atoms with Crippen molar-refractivity contribution in [2.75, 3.05) is 11.9 Å². The highest BCUT2D eigenvalue weighted by molar-refractivity contribution is 6.02. The molecule has 0 atom stereocenters. The van der Waals surface area contributed by atoms with E-state index >= 15 is 0 Å². The van der Waals surface area contributed by atoms with Crippen LogP contribution in [0.3, 0.4) is 0 Å². The molecule has 0 aliphatic heterocycles. The zero-order valence-corrected chi connectivity index (χ0v) is 13.7. The first-order valence-electron chi connectivity index (χ1n) is 8.20. The summed E-state index contributed by atoms with van der Waals surface area (Å²) in [7, 11) is 0. The molecule has 136 valence electrons. The normalized spacial score (nSPS) is 15.0. The van der Waals surface area contributed by atoms with Crippen LogP contribution in [0.15, 0.2) is 35.8 Å². The summed E-state index contributed by atoms with van der Waals surface area (Å²) >= 11 is 0. The predicted molar refractivity (Wildman–Crippen MR) is 89.4 cm³/mol. The molecule has 0 saturated carbocycles. The molecule has 5 nitrogen and oxygen atoms in total. The number of alkyl halides is 3. The number of carbonyl (C=O) groups excluding carboxylic acids is 1. The van der Waals surface area contributed by atoms with Crippen LogP contribution in [0, 0.1) is 5.41 Å². The Morgan fingerprint density at radius 1 is 1.28 bits per heavy atom. The third kappa shape index (κ3) is 5.88. The van der Waals surface area contributed by atoms with E-state index in [-0.39, 0.29) is 24.3 Å². The molecule has 1 aliphatic rings. The van der Waals surface area contributed by atoms with E-state index in [1.165, 1.54) is 6.20 Å². The summed E-state index contributed by atoms with van der Waals surface area (Å²) in [6.07, 6.45) is 1.50. The number of rotatable bonds is 7. The maximum Gasteiger partial charge on any atom is 0.432 e. The Bertz CT molecular complexity index is 641. The monoisotopic (exact) mass is 354 g/mol. The summed E-state index contributed by atoms with van der Waals surface area (Å²) in [6.45, 7) is 0.393. The number of hydrogen-bond acceptors (Lipinski definition) is 4. The van der Waals surface area contributed by atoms with E-state index in [2.05, 4.69) is 15.6 Å². The topological polar surface area (TPSA) is 77.9 Å². The quantitative estimate of drug-likeness (QED) is 0.515. The lowest BCUT2D eigenvalue weighted by Crippen LogP contribution is -2.30. The van der Waals surface area contributed by atoms with E-state index in [1.807, 2.05) is 0 Å². The molecule has 1 aromatic heterocycles. The zero-order valence-electron chi connectivity index (χ0n) is 13.7. The molecule has 0 fully saturated rings. The second-order valence-electron chi connectivity index (χ2n) is 5.86. The van der Waals surface area contributed by atoms with Crippen LogP contribution in [0.4, 0.5) is 18.9 Å². The Balaban J connectivity index is 1.82. The van der Waals surface area contributed by atoms with Gasteiger partial charge in [0, 0.05) is 30.4 Å². The number of anilines is 1. The van der Waals surface area contributed by atoms with E-state index in [0.717, 1.165) is 6.42 Å². The molecule has 1 aromatic rings. The standard InChI is InChI=1S/C17H21F3N4O/c18-17(19,20)16(21)13-6-1-2-7-14(13)23-10-4-8-15(25)24-12-5-3-9-22-11-12/h3,5,9,11,21,23H,1-2,4,6-8,10H2,(H,24,25). The molecule has 0 bridgehead atoms. The average Bonchev–Trinajstić information content (AvgIpc) is 2.58. The van der Waals surface area contributed by atoms with Gasteiger partial charge in [0.25, 0.3) is 0 Å². The summed E-state index contributed by atoms with van der Waals surface area (Å²) in [4.78, 5) is 15.7. The summed E-state index contributed by atoms with van der Waals surface area (Å²) in [5.74, 6) is -0.171. The third-order valence-corrected chi connectivity index (χ3v) is 3.92. The molecule has 3 N–H and O–H groups in total. The van der Waals surface area contributed by atoms with E-state index in [1.54, 1.807) is 18.3 Å². The predicted octanol–water partition coefficient (Wildman–Crippen LogP) is 3.80. The molecule has 1 amide bonds. The Morgan fingerprint density at radius 3 is 2.72 bits per heavy atom. The summed E-state index contributed by atoms with van der Waals surface area (Å²) in [5.41, 5.74) is -0.111. The first-order chi connectivity index (χ1) is 11.9. The van der Waals surface area contributed by atoms with Crippen molar-refractivity contribution in [3.63, 3.8) is 0 Å². The number of nitrogens with one attached hydrogen (secondary N) is 3. The van der Waals surface area contributed by atoms with Crippen molar-refractivity contribution in [3.8, 4) is 0 Å². The second kappa shape index (κ2) is 8.64. The van der Waals surface area contributed by atoms with Gasteiger partial charge in [-0.3, -0.25) is 15.2 Å². The van der Waals surface area contributed by atoms with Crippen LogP contribution in [0.5, 0.6) is 0 Å². The van der Waals surface area contributed by atoms with Gasteiger partial charge in [0.2, 0.25) is 5.91 Å². The molecule has 0 spiro atoms. The molecule has 1 heterocycles. The first-order valence-corrected chi connectivity index (χ1v) is 8.20. The largest absolute Gasteiger partial charge is 0.432 e. The molecule has 0 radical (unpaired) electrons. The highest BCUT2D eigenvalue weighted by atomic mass is 19.4. The van der Waals surface area contributed by atoms with Gasteiger partial charge in [-0.2, -0.15) is 13.2 Å². The average molecular weight is 354 g/mol. The molecule has 2 rings (SSSR count). The van der Waals surface area contributed by atoms with Gasteiger partial charge in [0.05, 0.1) is 11.9 Å². The van der Waals surface area contributed by atoms with Crippen LogP contribution < -0.4 is 10.6 Å². The van der Waals surface area contributed by atoms with Crippen LogP contribution in [0.1, 0.15) is 38.5 Å². The van der Waals surface area contributed by atoms with Crippen molar-refractivity contribution in [1.29, 1.82) is 5.41 Å². The van der Waals surface area contributed by atoms with Gasteiger partial charge in [-0.05, 0) is 44.2 Å². The highest BCUT2D eigenvalue weighted by Gasteiger charge is 2.38. The van der Waals surface area contributed by atoms with Crippen molar-refractivity contribution in [1.82, 2.24) is 10.3 Å². The van der Waals surface area contributed by atoms with E-state index in [0.29, 0.717) is 37.2 Å². The van der Waals surface area contributed by atoms with E-state index in [9.17, 15) is 18.0 Å². The van der Waals surface area contributed by atoms with Gasteiger partial charge >= 0.3 is 6.18 Å². The molecule has 25 heavy (non-hydrogen) atoms.